The average Bonchev–Trinajstić information content (AvgIpc) is 2.31. The fraction of sp³-hybridized carbons (Fsp3) is 0.833. The van der Waals surface area contributed by atoms with Crippen LogP contribution in [-0.4, -0.2) is 56.8 Å². The van der Waals surface area contributed by atoms with Gasteiger partial charge in [0, 0.05) is 25.7 Å². The zero-order valence-electron chi connectivity index (χ0n) is 10.0. The number of alkyl halides is 2. The number of ether oxygens (including phenoxy) is 1. The first-order valence-electron chi connectivity index (χ1n) is 5.97. The minimum atomic E-state index is -2.37. The Morgan fingerprint density at radius 3 is 2.71 bits per heavy atom. The molecule has 0 atom stereocenters. The minimum Gasteiger partial charge on any atom is -0.374 e. The van der Waals surface area contributed by atoms with Crippen LogP contribution in [0.1, 0.15) is 12.8 Å². The average molecular weight is 246 g/mol. The number of hydrogen-bond donors (Lipinski definition) is 1. The van der Waals surface area contributed by atoms with Gasteiger partial charge in [-0.15, -0.1) is 6.42 Å². The molecule has 0 unspecified atom stereocenters. The Morgan fingerprint density at radius 1 is 1.41 bits per heavy atom. The Bertz CT molecular complexity index is 235. The summed E-state index contributed by atoms with van der Waals surface area (Å²) in [4.78, 5) is 2.24. The van der Waals surface area contributed by atoms with Gasteiger partial charge in [-0.25, -0.2) is 8.78 Å². The van der Waals surface area contributed by atoms with Gasteiger partial charge in [-0.05, 0) is 12.8 Å². The van der Waals surface area contributed by atoms with Crippen LogP contribution < -0.4 is 5.32 Å². The maximum atomic E-state index is 11.8. The highest BCUT2D eigenvalue weighted by Crippen LogP contribution is 2.09. The van der Waals surface area contributed by atoms with Crippen molar-refractivity contribution in [1.29, 1.82) is 0 Å². The number of piperidine rings is 1. The lowest BCUT2D eigenvalue weighted by Crippen LogP contribution is -2.43. The summed E-state index contributed by atoms with van der Waals surface area (Å²) >= 11 is 0. The molecule has 5 heteroatoms. The standard InChI is InChI=1S/C12H20F2N2O/c1-2-6-16-7-3-11(4-8-16)15-5-9-17-10-12(13)14/h1,11-12,15H,3-10H2. The summed E-state index contributed by atoms with van der Waals surface area (Å²) in [5.41, 5.74) is 0. The third-order valence-corrected chi connectivity index (χ3v) is 2.83. The van der Waals surface area contributed by atoms with E-state index < -0.39 is 13.0 Å². The van der Waals surface area contributed by atoms with Crippen LogP contribution in [0.5, 0.6) is 0 Å². The molecule has 0 bridgehead atoms. The summed E-state index contributed by atoms with van der Waals surface area (Å²) in [6.07, 6.45) is 4.98. The van der Waals surface area contributed by atoms with Gasteiger partial charge in [0.05, 0.1) is 13.2 Å². The van der Waals surface area contributed by atoms with E-state index in [2.05, 4.69) is 16.1 Å². The molecule has 1 fully saturated rings. The second-order valence-electron chi connectivity index (χ2n) is 4.17. The second-order valence-corrected chi connectivity index (χ2v) is 4.17. The Kier molecular flexibility index (Phi) is 7.10. The molecule has 0 spiro atoms. The molecule has 1 aliphatic heterocycles. The maximum Gasteiger partial charge on any atom is 0.261 e. The number of terminal acetylenes is 1. The minimum absolute atomic E-state index is 0.342. The van der Waals surface area contributed by atoms with Crippen molar-refractivity contribution in [2.45, 2.75) is 25.3 Å². The molecule has 0 aromatic rings. The third kappa shape index (κ3) is 6.57. The van der Waals surface area contributed by atoms with E-state index >= 15 is 0 Å². The van der Waals surface area contributed by atoms with Crippen molar-refractivity contribution in [2.24, 2.45) is 0 Å². The van der Waals surface area contributed by atoms with Crippen molar-refractivity contribution in [3.05, 3.63) is 0 Å². The molecular weight excluding hydrogens is 226 g/mol. The summed E-state index contributed by atoms with van der Waals surface area (Å²) in [6, 6.07) is 0.458. The fourth-order valence-electron chi connectivity index (χ4n) is 1.93. The molecule has 1 saturated heterocycles. The van der Waals surface area contributed by atoms with Gasteiger partial charge in [-0.1, -0.05) is 5.92 Å². The monoisotopic (exact) mass is 246 g/mol. The van der Waals surface area contributed by atoms with Gasteiger partial charge in [0.15, 0.2) is 0 Å². The van der Waals surface area contributed by atoms with Gasteiger partial charge < -0.3 is 10.1 Å². The molecule has 0 radical (unpaired) electrons. The van der Waals surface area contributed by atoms with E-state index in [0.717, 1.165) is 25.9 Å². The lowest BCUT2D eigenvalue weighted by molar-refractivity contribution is 0.0177. The summed E-state index contributed by atoms with van der Waals surface area (Å²) in [5, 5.41) is 3.31. The molecule has 0 aromatic carbocycles. The molecule has 0 aromatic heterocycles. The first kappa shape index (κ1) is 14.4. The van der Waals surface area contributed by atoms with Crippen LogP contribution in [0.3, 0.4) is 0 Å². The zero-order valence-corrected chi connectivity index (χ0v) is 10.0. The zero-order chi connectivity index (χ0) is 12.5. The summed E-state index contributed by atoms with van der Waals surface area (Å²) in [7, 11) is 0. The van der Waals surface area contributed by atoms with Crippen molar-refractivity contribution in [1.82, 2.24) is 10.2 Å². The molecule has 1 aliphatic rings. The largest absolute Gasteiger partial charge is 0.374 e. The smallest absolute Gasteiger partial charge is 0.261 e. The number of hydrogen-bond acceptors (Lipinski definition) is 3. The highest BCUT2D eigenvalue weighted by molar-refractivity contribution is 4.90. The highest BCUT2D eigenvalue weighted by Gasteiger charge is 2.17. The molecule has 17 heavy (non-hydrogen) atoms. The third-order valence-electron chi connectivity index (χ3n) is 2.83. The topological polar surface area (TPSA) is 24.5 Å². The van der Waals surface area contributed by atoms with E-state index in [4.69, 9.17) is 11.2 Å². The lowest BCUT2D eigenvalue weighted by atomic mass is 10.1. The predicted octanol–water partition coefficient (Wildman–Crippen LogP) is 0.955. The van der Waals surface area contributed by atoms with Crippen LogP contribution >= 0.6 is 0 Å². The molecule has 3 nitrogen and oxygen atoms in total. The summed E-state index contributed by atoms with van der Waals surface area (Å²) < 4.78 is 28.3. The molecule has 0 saturated carbocycles. The number of nitrogens with one attached hydrogen (secondary N) is 1. The van der Waals surface area contributed by atoms with E-state index in [1.165, 1.54) is 0 Å². The van der Waals surface area contributed by atoms with Crippen LogP contribution in [0.15, 0.2) is 0 Å². The Labute approximate surface area is 102 Å². The molecule has 98 valence electrons. The normalized spacial score (nSPS) is 18.5. The van der Waals surface area contributed by atoms with Crippen LogP contribution in [-0.2, 0) is 4.74 Å². The van der Waals surface area contributed by atoms with Gasteiger partial charge >= 0.3 is 0 Å². The van der Waals surface area contributed by atoms with Crippen molar-refractivity contribution < 1.29 is 13.5 Å². The van der Waals surface area contributed by atoms with Gasteiger partial charge in [0.1, 0.15) is 6.61 Å². The van der Waals surface area contributed by atoms with Crippen LogP contribution in [0, 0.1) is 12.3 Å². The fourth-order valence-corrected chi connectivity index (χ4v) is 1.93. The molecular formula is C12H20F2N2O. The number of rotatable bonds is 7. The van der Waals surface area contributed by atoms with E-state index in [-0.39, 0.29) is 0 Å². The quantitative estimate of drug-likeness (QED) is 0.535. The van der Waals surface area contributed by atoms with Gasteiger partial charge in [0.2, 0.25) is 0 Å². The van der Waals surface area contributed by atoms with Crippen molar-refractivity contribution >= 4 is 0 Å². The molecule has 1 N–H and O–H groups in total. The molecule has 0 amide bonds. The van der Waals surface area contributed by atoms with E-state index in [1.54, 1.807) is 0 Å². The number of likely N-dealkylation sites (tertiary alicyclic amines) is 1. The lowest BCUT2D eigenvalue weighted by Gasteiger charge is -2.31. The first-order chi connectivity index (χ1) is 8.22. The molecule has 1 heterocycles. The number of nitrogens with zero attached hydrogens (tertiary/aromatic N) is 1. The van der Waals surface area contributed by atoms with Gasteiger partial charge in [-0.3, -0.25) is 4.90 Å². The summed E-state index contributed by atoms with van der Waals surface area (Å²) in [6.45, 7) is 3.22. The van der Waals surface area contributed by atoms with Crippen LogP contribution in [0.2, 0.25) is 0 Å². The Hall–Kier alpha value is -0.700. The van der Waals surface area contributed by atoms with Crippen molar-refractivity contribution in [2.75, 3.05) is 39.4 Å². The Balaban J connectivity index is 1.97. The second kappa shape index (κ2) is 8.40. The van der Waals surface area contributed by atoms with E-state index in [1.807, 2.05) is 0 Å². The van der Waals surface area contributed by atoms with Gasteiger partial charge in [-0.2, -0.15) is 0 Å². The number of halogens is 2. The van der Waals surface area contributed by atoms with Crippen molar-refractivity contribution in [3.63, 3.8) is 0 Å². The molecule has 1 rings (SSSR count). The first-order valence-corrected chi connectivity index (χ1v) is 5.97. The maximum absolute atomic E-state index is 11.8. The SMILES string of the molecule is C#CCN1CCC(NCCOCC(F)F)CC1. The van der Waals surface area contributed by atoms with Crippen LogP contribution in [0.25, 0.3) is 0 Å². The van der Waals surface area contributed by atoms with Crippen molar-refractivity contribution in [3.8, 4) is 12.3 Å². The predicted molar refractivity (Wildman–Crippen MR) is 63.1 cm³/mol. The van der Waals surface area contributed by atoms with E-state index in [9.17, 15) is 8.78 Å². The van der Waals surface area contributed by atoms with E-state index in [0.29, 0.717) is 25.7 Å². The van der Waals surface area contributed by atoms with Gasteiger partial charge in [0.25, 0.3) is 6.43 Å². The summed E-state index contributed by atoms with van der Waals surface area (Å²) in [5.74, 6) is 2.64. The highest BCUT2D eigenvalue weighted by atomic mass is 19.3. The van der Waals surface area contributed by atoms with Crippen LogP contribution in [0.4, 0.5) is 8.78 Å². The molecule has 0 aliphatic carbocycles. The Morgan fingerprint density at radius 2 is 2.12 bits per heavy atom.